The fraction of sp³-hybridized carbons (Fsp3) is 0.0769. The van der Waals surface area contributed by atoms with Crippen molar-refractivity contribution >= 4 is 27.3 Å². The lowest BCUT2D eigenvalue weighted by atomic mass is 10.2. The summed E-state index contributed by atoms with van der Waals surface area (Å²) in [5, 5.41) is 12.0. The minimum absolute atomic E-state index is 0.405. The molecule has 3 nitrogen and oxygen atoms in total. The van der Waals surface area contributed by atoms with Crippen LogP contribution in [0.3, 0.4) is 0 Å². The van der Waals surface area contributed by atoms with Gasteiger partial charge in [-0.3, -0.25) is 0 Å². The Kier molecular flexibility index (Phi) is 3.40. The Morgan fingerprint density at radius 2 is 2.18 bits per heavy atom. The number of halogens is 1. The maximum absolute atomic E-state index is 8.78. The number of rotatable bonds is 2. The first-order valence-corrected chi connectivity index (χ1v) is 5.88. The second kappa shape index (κ2) is 4.98. The number of aromatic nitrogens is 1. The highest BCUT2D eigenvalue weighted by Gasteiger charge is 2.02. The van der Waals surface area contributed by atoms with E-state index in [4.69, 9.17) is 5.26 Å². The third kappa shape index (κ3) is 2.63. The number of anilines is 2. The molecule has 0 spiro atoms. The van der Waals surface area contributed by atoms with Crippen LogP contribution in [0, 0.1) is 18.3 Å². The molecule has 84 valence electrons. The third-order valence-electron chi connectivity index (χ3n) is 2.42. The molecule has 0 aliphatic carbocycles. The standard InChI is InChI=1S/C13H10BrN3/c1-9-12(14)3-2-4-13(9)17-10-5-6-16-11(7-10)8-15/h2-7H,1H3,(H,16,17). The molecule has 0 aliphatic rings. The lowest BCUT2D eigenvalue weighted by molar-refractivity contribution is 1.26. The molecule has 0 aliphatic heterocycles. The van der Waals surface area contributed by atoms with Crippen LogP contribution in [-0.4, -0.2) is 4.98 Å². The van der Waals surface area contributed by atoms with Crippen LogP contribution in [0.4, 0.5) is 11.4 Å². The summed E-state index contributed by atoms with van der Waals surface area (Å²) in [6.45, 7) is 2.03. The second-order valence-electron chi connectivity index (χ2n) is 3.58. The Bertz CT molecular complexity index is 587. The molecule has 2 aromatic rings. The van der Waals surface area contributed by atoms with E-state index in [1.807, 2.05) is 37.3 Å². The number of nitrogens with zero attached hydrogens (tertiary/aromatic N) is 2. The Hall–Kier alpha value is -1.86. The van der Waals surface area contributed by atoms with Gasteiger partial charge in [0.2, 0.25) is 0 Å². The maximum atomic E-state index is 8.78. The van der Waals surface area contributed by atoms with E-state index in [2.05, 4.69) is 26.2 Å². The molecular weight excluding hydrogens is 278 g/mol. The van der Waals surface area contributed by atoms with Gasteiger partial charge in [0, 0.05) is 22.0 Å². The van der Waals surface area contributed by atoms with Crippen LogP contribution < -0.4 is 5.32 Å². The zero-order valence-corrected chi connectivity index (χ0v) is 10.8. The molecule has 17 heavy (non-hydrogen) atoms. The average Bonchev–Trinajstić information content (AvgIpc) is 2.35. The Morgan fingerprint density at radius 1 is 1.35 bits per heavy atom. The van der Waals surface area contributed by atoms with Crippen molar-refractivity contribution in [1.82, 2.24) is 4.98 Å². The van der Waals surface area contributed by atoms with Gasteiger partial charge in [-0.2, -0.15) is 5.26 Å². The van der Waals surface area contributed by atoms with E-state index in [0.29, 0.717) is 5.69 Å². The zero-order valence-electron chi connectivity index (χ0n) is 9.24. The molecule has 0 saturated carbocycles. The number of nitriles is 1. The minimum atomic E-state index is 0.405. The van der Waals surface area contributed by atoms with Crippen LogP contribution in [0.1, 0.15) is 11.3 Å². The van der Waals surface area contributed by atoms with E-state index in [9.17, 15) is 0 Å². The lowest BCUT2D eigenvalue weighted by Gasteiger charge is -2.10. The monoisotopic (exact) mass is 287 g/mol. The van der Waals surface area contributed by atoms with Crippen molar-refractivity contribution in [1.29, 1.82) is 5.26 Å². The fourth-order valence-corrected chi connectivity index (χ4v) is 1.83. The van der Waals surface area contributed by atoms with E-state index in [0.717, 1.165) is 21.4 Å². The molecule has 0 fully saturated rings. The van der Waals surface area contributed by atoms with Crippen LogP contribution in [0.15, 0.2) is 41.0 Å². The van der Waals surface area contributed by atoms with E-state index in [1.54, 1.807) is 12.3 Å². The molecule has 2 rings (SSSR count). The number of hydrogen-bond donors (Lipinski definition) is 1. The maximum Gasteiger partial charge on any atom is 0.142 e. The van der Waals surface area contributed by atoms with Crippen LogP contribution in [0.25, 0.3) is 0 Å². The zero-order chi connectivity index (χ0) is 12.3. The molecule has 0 radical (unpaired) electrons. The molecule has 0 atom stereocenters. The first kappa shape index (κ1) is 11.6. The van der Waals surface area contributed by atoms with Gasteiger partial charge in [0.1, 0.15) is 11.8 Å². The van der Waals surface area contributed by atoms with Gasteiger partial charge in [-0.1, -0.05) is 22.0 Å². The summed E-state index contributed by atoms with van der Waals surface area (Å²) >= 11 is 3.48. The predicted octanol–water partition coefficient (Wildman–Crippen LogP) is 3.77. The molecule has 1 heterocycles. The van der Waals surface area contributed by atoms with Gasteiger partial charge in [-0.05, 0) is 36.8 Å². The van der Waals surface area contributed by atoms with E-state index in [1.165, 1.54) is 0 Å². The Labute approximate surface area is 108 Å². The van der Waals surface area contributed by atoms with Gasteiger partial charge in [0.05, 0.1) is 0 Å². The third-order valence-corrected chi connectivity index (χ3v) is 3.28. The van der Waals surface area contributed by atoms with E-state index < -0.39 is 0 Å². The highest BCUT2D eigenvalue weighted by atomic mass is 79.9. The smallest absolute Gasteiger partial charge is 0.142 e. The van der Waals surface area contributed by atoms with Gasteiger partial charge < -0.3 is 5.32 Å². The highest BCUT2D eigenvalue weighted by Crippen LogP contribution is 2.26. The van der Waals surface area contributed by atoms with Crippen LogP contribution in [0.5, 0.6) is 0 Å². The van der Waals surface area contributed by atoms with E-state index >= 15 is 0 Å². The second-order valence-corrected chi connectivity index (χ2v) is 4.43. The predicted molar refractivity (Wildman–Crippen MR) is 71.1 cm³/mol. The average molecular weight is 288 g/mol. The molecule has 4 heteroatoms. The fourth-order valence-electron chi connectivity index (χ4n) is 1.47. The molecule has 1 N–H and O–H groups in total. The summed E-state index contributed by atoms with van der Waals surface area (Å²) in [7, 11) is 0. The van der Waals surface area contributed by atoms with Crippen molar-refractivity contribution in [2.45, 2.75) is 6.92 Å². The number of pyridine rings is 1. The number of benzene rings is 1. The van der Waals surface area contributed by atoms with Crippen LogP contribution >= 0.6 is 15.9 Å². The molecule has 1 aromatic heterocycles. The number of hydrogen-bond acceptors (Lipinski definition) is 3. The Balaban J connectivity index is 2.32. The highest BCUT2D eigenvalue weighted by molar-refractivity contribution is 9.10. The summed E-state index contributed by atoms with van der Waals surface area (Å²) in [6, 6.07) is 11.5. The van der Waals surface area contributed by atoms with Crippen molar-refractivity contribution in [3.8, 4) is 6.07 Å². The SMILES string of the molecule is Cc1c(Br)cccc1Nc1ccnc(C#N)c1. The normalized spacial score (nSPS) is 9.71. The van der Waals surface area contributed by atoms with Crippen molar-refractivity contribution in [2.24, 2.45) is 0 Å². The van der Waals surface area contributed by atoms with Crippen molar-refractivity contribution < 1.29 is 0 Å². The topological polar surface area (TPSA) is 48.7 Å². The van der Waals surface area contributed by atoms with Gasteiger partial charge in [-0.15, -0.1) is 0 Å². The summed E-state index contributed by atoms with van der Waals surface area (Å²) in [5.41, 5.74) is 3.40. The Morgan fingerprint density at radius 3 is 2.94 bits per heavy atom. The summed E-state index contributed by atoms with van der Waals surface area (Å²) in [6.07, 6.45) is 1.62. The molecule has 0 bridgehead atoms. The first-order valence-electron chi connectivity index (χ1n) is 5.09. The van der Waals surface area contributed by atoms with Gasteiger partial charge in [0.25, 0.3) is 0 Å². The van der Waals surface area contributed by atoms with Gasteiger partial charge in [-0.25, -0.2) is 4.98 Å². The number of nitrogens with one attached hydrogen (secondary N) is 1. The molecule has 0 saturated heterocycles. The molecule has 0 amide bonds. The first-order chi connectivity index (χ1) is 8.20. The quantitative estimate of drug-likeness (QED) is 0.915. The van der Waals surface area contributed by atoms with Crippen molar-refractivity contribution in [2.75, 3.05) is 5.32 Å². The van der Waals surface area contributed by atoms with Crippen LogP contribution in [0.2, 0.25) is 0 Å². The van der Waals surface area contributed by atoms with Crippen LogP contribution in [-0.2, 0) is 0 Å². The van der Waals surface area contributed by atoms with Crippen molar-refractivity contribution in [3.63, 3.8) is 0 Å². The lowest BCUT2D eigenvalue weighted by Crippen LogP contribution is -1.94. The van der Waals surface area contributed by atoms with Gasteiger partial charge in [0.15, 0.2) is 0 Å². The summed E-state index contributed by atoms with van der Waals surface area (Å²) < 4.78 is 1.05. The molecule has 1 aromatic carbocycles. The summed E-state index contributed by atoms with van der Waals surface area (Å²) in [4.78, 5) is 3.93. The largest absolute Gasteiger partial charge is 0.355 e. The molecule has 0 unspecified atom stereocenters. The van der Waals surface area contributed by atoms with Gasteiger partial charge >= 0.3 is 0 Å². The van der Waals surface area contributed by atoms with E-state index in [-0.39, 0.29) is 0 Å². The minimum Gasteiger partial charge on any atom is -0.355 e. The summed E-state index contributed by atoms with van der Waals surface area (Å²) in [5.74, 6) is 0. The molecular formula is C13H10BrN3. The van der Waals surface area contributed by atoms with Crippen molar-refractivity contribution in [3.05, 3.63) is 52.3 Å².